The predicted molar refractivity (Wildman–Crippen MR) is 60.2 cm³/mol. The van der Waals surface area contributed by atoms with E-state index in [1.54, 1.807) is 6.92 Å². The molecule has 1 heteroatoms. The maximum Gasteiger partial charge on any atom is 0.155 e. The fourth-order valence-corrected chi connectivity index (χ4v) is 2.15. The number of ketones is 1. The minimum Gasteiger partial charge on any atom is -0.295 e. The summed E-state index contributed by atoms with van der Waals surface area (Å²) in [6, 6.07) is 0. The molecule has 1 rings (SSSR count). The van der Waals surface area contributed by atoms with Gasteiger partial charge in [-0.1, -0.05) is 38.7 Å². The van der Waals surface area contributed by atoms with Crippen molar-refractivity contribution in [3.05, 3.63) is 11.6 Å². The van der Waals surface area contributed by atoms with Gasteiger partial charge in [0.05, 0.1) is 0 Å². The Morgan fingerprint density at radius 1 is 1.50 bits per heavy atom. The normalized spacial score (nSPS) is 21.9. The second-order valence-corrected chi connectivity index (χ2v) is 4.42. The average Bonchev–Trinajstić information content (AvgIpc) is 2.19. The average molecular weight is 194 g/mol. The lowest BCUT2D eigenvalue weighted by Gasteiger charge is -2.20. The van der Waals surface area contributed by atoms with Crippen LogP contribution in [0.25, 0.3) is 0 Å². The first-order valence-corrected chi connectivity index (χ1v) is 5.94. The molecule has 1 aliphatic rings. The van der Waals surface area contributed by atoms with E-state index in [1.807, 2.05) is 0 Å². The van der Waals surface area contributed by atoms with Crippen molar-refractivity contribution in [3.63, 3.8) is 0 Å². The predicted octanol–water partition coefficient (Wildman–Crippen LogP) is 3.88. The van der Waals surface area contributed by atoms with Gasteiger partial charge in [0.15, 0.2) is 5.78 Å². The third-order valence-electron chi connectivity index (χ3n) is 3.19. The topological polar surface area (TPSA) is 17.1 Å². The summed E-state index contributed by atoms with van der Waals surface area (Å²) in [5.41, 5.74) is 1.07. The van der Waals surface area contributed by atoms with Crippen LogP contribution in [0.15, 0.2) is 11.6 Å². The van der Waals surface area contributed by atoms with Gasteiger partial charge < -0.3 is 0 Å². The summed E-state index contributed by atoms with van der Waals surface area (Å²) in [5, 5.41) is 0. The van der Waals surface area contributed by atoms with Crippen LogP contribution in [0.5, 0.6) is 0 Å². The van der Waals surface area contributed by atoms with Crippen LogP contribution in [-0.2, 0) is 4.79 Å². The molecule has 1 atom stereocenters. The quantitative estimate of drug-likeness (QED) is 0.607. The van der Waals surface area contributed by atoms with Crippen LogP contribution >= 0.6 is 0 Å². The molecule has 0 aromatic carbocycles. The second kappa shape index (κ2) is 6.00. The zero-order chi connectivity index (χ0) is 10.4. The smallest absolute Gasteiger partial charge is 0.155 e. The van der Waals surface area contributed by atoms with E-state index in [1.165, 1.54) is 32.1 Å². The van der Waals surface area contributed by atoms with E-state index in [-0.39, 0.29) is 5.78 Å². The number of unbranched alkanes of at least 4 members (excludes halogenated alkanes) is 2. The number of hydrogen-bond acceptors (Lipinski definition) is 1. The Labute approximate surface area is 87.6 Å². The van der Waals surface area contributed by atoms with Crippen LogP contribution in [0.4, 0.5) is 0 Å². The summed E-state index contributed by atoms with van der Waals surface area (Å²) in [6.07, 6.45) is 10.9. The molecule has 1 nitrogen and oxygen atoms in total. The van der Waals surface area contributed by atoms with E-state index in [0.717, 1.165) is 24.3 Å². The fraction of sp³-hybridized carbons (Fsp3) is 0.769. The first kappa shape index (κ1) is 11.5. The van der Waals surface area contributed by atoms with Gasteiger partial charge in [0.1, 0.15) is 0 Å². The molecule has 0 aromatic heterocycles. The van der Waals surface area contributed by atoms with Crippen molar-refractivity contribution in [1.29, 1.82) is 0 Å². The van der Waals surface area contributed by atoms with Crippen LogP contribution in [-0.4, -0.2) is 5.78 Å². The highest BCUT2D eigenvalue weighted by Gasteiger charge is 2.15. The van der Waals surface area contributed by atoms with Gasteiger partial charge in [0.2, 0.25) is 0 Å². The highest BCUT2D eigenvalue weighted by Crippen LogP contribution is 2.27. The van der Waals surface area contributed by atoms with Crippen LogP contribution in [0.3, 0.4) is 0 Å². The van der Waals surface area contributed by atoms with E-state index in [9.17, 15) is 4.79 Å². The lowest BCUT2D eigenvalue weighted by molar-refractivity contribution is -0.113. The van der Waals surface area contributed by atoms with Crippen LogP contribution < -0.4 is 0 Å². The molecule has 0 amide bonds. The van der Waals surface area contributed by atoms with Crippen molar-refractivity contribution >= 4 is 5.78 Å². The van der Waals surface area contributed by atoms with Crippen molar-refractivity contribution < 1.29 is 4.79 Å². The van der Waals surface area contributed by atoms with E-state index in [2.05, 4.69) is 13.0 Å². The highest BCUT2D eigenvalue weighted by atomic mass is 16.1. The van der Waals surface area contributed by atoms with Crippen LogP contribution in [0.2, 0.25) is 0 Å². The zero-order valence-electron chi connectivity index (χ0n) is 9.51. The fourth-order valence-electron chi connectivity index (χ4n) is 2.15. The third kappa shape index (κ3) is 3.65. The van der Waals surface area contributed by atoms with Crippen molar-refractivity contribution in [2.75, 3.05) is 0 Å². The molecule has 80 valence electrons. The summed E-state index contributed by atoms with van der Waals surface area (Å²) in [5.74, 6) is 1.13. The summed E-state index contributed by atoms with van der Waals surface area (Å²) in [7, 11) is 0. The number of carbonyl (C=O) groups excluding carboxylic acids is 1. The lowest BCUT2D eigenvalue weighted by Crippen LogP contribution is -2.09. The summed E-state index contributed by atoms with van der Waals surface area (Å²) in [4.78, 5) is 11.1. The van der Waals surface area contributed by atoms with Gasteiger partial charge in [0.25, 0.3) is 0 Å². The molecule has 0 radical (unpaired) electrons. The highest BCUT2D eigenvalue weighted by molar-refractivity contribution is 5.93. The number of Topliss-reactive ketones (excluding diaryl/α,β-unsaturated/α-hetero) is 1. The molecule has 0 fully saturated rings. The lowest BCUT2D eigenvalue weighted by atomic mass is 9.85. The maximum atomic E-state index is 11.1. The summed E-state index contributed by atoms with van der Waals surface area (Å²) < 4.78 is 0. The Balaban J connectivity index is 2.24. The maximum absolute atomic E-state index is 11.1. The SMILES string of the molecule is CCCCCC1CC=C(C(C)=O)CC1. The Morgan fingerprint density at radius 3 is 2.79 bits per heavy atom. The van der Waals surface area contributed by atoms with Crippen molar-refractivity contribution in [1.82, 2.24) is 0 Å². The molecular formula is C13H22O. The van der Waals surface area contributed by atoms with E-state index >= 15 is 0 Å². The Bertz CT molecular complexity index is 215. The molecule has 0 saturated carbocycles. The van der Waals surface area contributed by atoms with Gasteiger partial charge in [-0.3, -0.25) is 4.79 Å². The standard InChI is InChI=1S/C13H22O/c1-3-4-5-6-12-7-9-13(10-8-12)11(2)14/h9,12H,3-8,10H2,1-2H3. The van der Waals surface area contributed by atoms with Gasteiger partial charge in [0, 0.05) is 0 Å². The molecule has 14 heavy (non-hydrogen) atoms. The van der Waals surface area contributed by atoms with Crippen molar-refractivity contribution in [2.45, 2.75) is 58.8 Å². The number of rotatable bonds is 5. The molecule has 0 aromatic rings. The van der Waals surface area contributed by atoms with E-state index in [0.29, 0.717) is 0 Å². The zero-order valence-corrected chi connectivity index (χ0v) is 9.51. The van der Waals surface area contributed by atoms with Crippen molar-refractivity contribution in [3.8, 4) is 0 Å². The molecule has 0 saturated heterocycles. The van der Waals surface area contributed by atoms with Gasteiger partial charge in [-0.2, -0.15) is 0 Å². The molecule has 0 N–H and O–H groups in total. The third-order valence-corrected chi connectivity index (χ3v) is 3.19. The minimum atomic E-state index is 0.275. The molecule has 0 spiro atoms. The van der Waals surface area contributed by atoms with Crippen LogP contribution in [0.1, 0.15) is 58.8 Å². The molecule has 0 aliphatic heterocycles. The Kier molecular flexibility index (Phi) is 4.92. The van der Waals surface area contributed by atoms with Gasteiger partial charge >= 0.3 is 0 Å². The van der Waals surface area contributed by atoms with Gasteiger partial charge in [-0.15, -0.1) is 0 Å². The summed E-state index contributed by atoms with van der Waals surface area (Å²) >= 11 is 0. The molecule has 0 heterocycles. The number of hydrogen-bond donors (Lipinski definition) is 0. The molecule has 1 aliphatic carbocycles. The molecule has 1 unspecified atom stereocenters. The largest absolute Gasteiger partial charge is 0.295 e. The van der Waals surface area contributed by atoms with Gasteiger partial charge in [-0.25, -0.2) is 0 Å². The first-order valence-electron chi connectivity index (χ1n) is 5.94. The minimum absolute atomic E-state index is 0.275. The monoisotopic (exact) mass is 194 g/mol. The van der Waals surface area contributed by atoms with E-state index in [4.69, 9.17) is 0 Å². The second-order valence-electron chi connectivity index (χ2n) is 4.42. The van der Waals surface area contributed by atoms with Crippen molar-refractivity contribution in [2.24, 2.45) is 5.92 Å². The van der Waals surface area contributed by atoms with E-state index < -0.39 is 0 Å². The molecular weight excluding hydrogens is 172 g/mol. The Hall–Kier alpha value is -0.590. The first-order chi connectivity index (χ1) is 6.74. The number of carbonyl (C=O) groups is 1. The summed E-state index contributed by atoms with van der Waals surface area (Å²) in [6.45, 7) is 3.93. The Morgan fingerprint density at radius 2 is 2.29 bits per heavy atom. The van der Waals surface area contributed by atoms with Gasteiger partial charge in [-0.05, 0) is 37.7 Å². The van der Waals surface area contributed by atoms with Crippen LogP contribution in [0, 0.1) is 5.92 Å². The number of allylic oxidation sites excluding steroid dienone is 2. The molecule has 0 bridgehead atoms.